The molecule has 0 rings (SSSR count). The van der Waals surface area contributed by atoms with E-state index >= 15 is 0 Å². The third-order valence-corrected chi connectivity index (χ3v) is 1.67. The van der Waals surface area contributed by atoms with Gasteiger partial charge in [0.1, 0.15) is 0 Å². The summed E-state index contributed by atoms with van der Waals surface area (Å²) >= 11 is 0. The lowest BCUT2D eigenvalue weighted by atomic mass is 10.1. The smallest absolute Gasteiger partial charge is 0.234 e. The van der Waals surface area contributed by atoms with Crippen molar-refractivity contribution in [2.45, 2.75) is 19.4 Å². The minimum atomic E-state index is -0.924. The molecule has 0 bridgehead atoms. The molecule has 4 N–H and O–H groups in total. The minimum absolute atomic E-state index is 0.200. The molecule has 5 nitrogen and oxygen atoms in total. The Kier molecular flexibility index (Phi) is 5.61. The summed E-state index contributed by atoms with van der Waals surface area (Å²) in [5.74, 6) is -0.229. The van der Waals surface area contributed by atoms with Gasteiger partial charge in [-0.3, -0.25) is 4.79 Å². The van der Waals surface area contributed by atoms with Gasteiger partial charge in [0.25, 0.3) is 0 Å². The summed E-state index contributed by atoms with van der Waals surface area (Å²) in [7, 11) is 0. The van der Waals surface area contributed by atoms with Gasteiger partial charge < -0.3 is 20.8 Å². The van der Waals surface area contributed by atoms with Crippen molar-refractivity contribution >= 4 is 5.91 Å². The van der Waals surface area contributed by atoms with Crippen LogP contribution in [0.5, 0.6) is 0 Å². The van der Waals surface area contributed by atoms with Crippen LogP contribution < -0.4 is 10.6 Å². The van der Waals surface area contributed by atoms with Crippen LogP contribution in [-0.2, 0) is 4.79 Å². The standard InChI is InChI=1S/C8H18N2O3/c1-3-9-4-7(13)10-8(2,5-11)6-12/h9,11-12H,3-6H2,1-2H3,(H,10,13). The third-order valence-electron chi connectivity index (χ3n) is 1.67. The first-order valence-electron chi connectivity index (χ1n) is 4.31. The van der Waals surface area contributed by atoms with Crippen LogP contribution in [0.3, 0.4) is 0 Å². The second kappa shape index (κ2) is 5.90. The number of aliphatic hydroxyl groups is 2. The molecule has 0 spiro atoms. The fourth-order valence-electron chi connectivity index (χ4n) is 0.748. The molecule has 13 heavy (non-hydrogen) atoms. The van der Waals surface area contributed by atoms with E-state index in [1.54, 1.807) is 6.92 Å². The molecule has 0 aliphatic rings. The number of hydrogen-bond donors (Lipinski definition) is 4. The van der Waals surface area contributed by atoms with Gasteiger partial charge in [0, 0.05) is 0 Å². The molecule has 0 radical (unpaired) electrons. The molecular formula is C8H18N2O3. The van der Waals surface area contributed by atoms with Gasteiger partial charge >= 0.3 is 0 Å². The number of carbonyl (C=O) groups excluding carboxylic acids is 1. The number of nitrogens with one attached hydrogen (secondary N) is 2. The molecule has 0 heterocycles. The Morgan fingerprint density at radius 1 is 1.38 bits per heavy atom. The van der Waals surface area contributed by atoms with Crippen molar-refractivity contribution in [1.82, 2.24) is 10.6 Å². The fourth-order valence-corrected chi connectivity index (χ4v) is 0.748. The van der Waals surface area contributed by atoms with Crippen LogP contribution in [0, 0.1) is 0 Å². The highest BCUT2D eigenvalue weighted by atomic mass is 16.3. The van der Waals surface area contributed by atoms with Crippen molar-refractivity contribution in [2.75, 3.05) is 26.3 Å². The first kappa shape index (κ1) is 12.3. The summed E-state index contributed by atoms with van der Waals surface area (Å²) in [6, 6.07) is 0. The van der Waals surface area contributed by atoms with E-state index in [0.717, 1.165) is 0 Å². The van der Waals surface area contributed by atoms with E-state index in [-0.39, 0.29) is 25.7 Å². The van der Waals surface area contributed by atoms with Crippen LogP contribution in [0.1, 0.15) is 13.8 Å². The Balaban J connectivity index is 3.87. The average Bonchev–Trinajstić information content (AvgIpc) is 2.14. The Labute approximate surface area is 78.1 Å². The molecule has 0 saturated heterocycles. The highest BCUT2D eigenvalue weighted by Crippen LogP contribution is 1.99. The molecule has 0 aromatic carbocycles. The zero-order chi connectivity index (χ0) is 10.3. The summed E-state index contributed by atoms with van der Waals surface area (Å²) in [6.07, 6.45) is 0. The largest absolute Gasteiger partial charge is 0.394 e. The van der Waals surface area contributed by atoms with Crippen molar-refractivity contribution in [1.29, 1.82) is 0 Å². The van der Waals surface area contributed by atoms with E-state index in [9.17, 15) is 4.79 Å². The second-order valence-electron chi connectivity index (χ2n) is 3.21. The van der Waals surface area contributed by atoms with Gasteiger partial charge in [0.2, 0.25) is 5.91 Å². The summed E-state index contributed by atoms with van der Waals surface area (Å²) in [5.41, 5.74) is -0.924. The van der Waals surface area contributed by atoms with Crippen molar-refractivity contribution < 1.29 is 15.0 Å². The van der Waals surface area contributed by atoms with Gasteiger partial charge in [-0.25, -0.2) is 0 Å². The number of aliphatic hydroxyl groups excluding tert-OH is 2. The average molecular weight is 190 g/mol. The predicted molar refractivity (Wildman–Crippen MR) is 49.3 cm³/mol. The normalized spacial score (nSPS) is 11.4. The number of likely N-dealkylation sites (N-methyl/N-ethyl adjacent to an activating group) is 1. The topological polar surface area (TPSA) is 81.6 Å². The highest BCUT2D eigenvalue weighted by Gasteiger charge is 2.23. The number of amides is 1. The lowest BCUT2D eigenvalue weighted by Crippen LogP contribution is -2.53. The molecule has 0 atom stereocenters. The number of hydrogen-bond acceptors (Lipinski definition) is 4. The van der Waals surface area contributed by atoms with E-state index < -0.39 is 5.54 Å². The maximum absolute atomic E-state index is 11.1. The van der Waals surface area contributed by atoms with Crippen LogP contribution in [0.4, 0.5) is 0 Å². The molecule has 0 fully saturated rings. The second-order valence-corrected chi connectivity index (χ2v) is 3.21. The van der Waals surface area contributed by atoms with Gasteiger partial charge in [-0.2, -0.15) is 0 Å². The van der Waals surface area contributed by atoms with E-state index in [4.69, 9.17) is 10.2 Å². The zero-order valence-corrected chi connectivity index (χ0v) is 8.13. The van der Waals surface area contributed by atoms with E-state index in [1.807, 2.05) is 6.92 Å². The molecule has 0 unspecified atom stereocenters. The maximum Gasteiger partial charge on any atom is 0.234 e. The zero-order valence-electron chi connectivity index (χ0n) is 8.13. The summed E-state index contributed by atoms with van der Waals surface area (Å²) in [4.78, 5) is 11.1. The van der Waals surface area contributed by atoms with Crippen molar-refractivity contribution in [3.8, 4) is 0 Å². The van der Waals surface area contributed by atoms with Crippen LogP contribution in [0.15, 0.2) is 0 Å². The van der Waals surface area contributed by atoms with Crippen LogP contribution in [-0.4, -0.2) is 48.0 Å². The van der Waals surface area contributed by atoms with Crippen LogP contribution in [0.2, 0.25) is 0 Å². The SMILES string of the molecule is CCNCC(=O)NC(C)(CO)CO. The van der Waals surface area contributed by atoms with Gasteiger partial charge in [-0.1, -0.05) is 6.92 Å². The van der Waals surface area contributed by atoms with Crippen molar-refractivity contribution in [3.05, 3.63) is 0 Å². The van der Waals surface area contributed by atoms with E-state index in [0.29, 0.717) is 6.54 Å². The lowest BCUT2D eigenvalue weighted by molar-refractivity contribution is -0.123. The van der Waals surface area contributed by atoms with Gasteiger partial charge in [0.05, 0.1) is 25.3 Å². The van der Waals surface area contributed by atoms with Gasteiger partial charge in [0.15, 0.2) is 0 Å². The van der Waals surface area contributed by atoms with E-state index in [1.165, 1.54) is 0 Å². The number of rotatable bonds is 6. The highest BCUT2D eigenvalue weighted by molar-refractivity contribution is 5.78. The molecule has 0 aromatic rings. The van der Waals surface area contributed by atoms with Crippen LogP contribution in [0.25, 0.3) is 0 Å². The predicted octanol–water partition coefficient (Wildman–Crippen LogP) is -1.54. The molecule has 0 aliphatic heterocycles. The Hall–Kier alpha value is -0.650. The fraction of sp³-hybridized carbons (Fsp3) is 0.875. The van der Waals surface area contributed by atoms with Crippen molar-refractivity contribution in [2.24, 2.45) is 0 Å². The third kappa shape index (κ3) is 4.82. The summed E-state index contributed by atoms with van der Waals surface area (Å²) in [5, 5.41) is 23.1. The Morgan fingerprint density at radius 3 is 2.31 bits per heavy atom. The number of carbonyl (C=O) groups is 1. The molecule has 1 amide bonds. The molecular weight excluding hydrogens is 172 g/mol. The molecule has 0 aliphatic carbocycles. The molecule has 5 heteroatoms. The molecule has 0 aromatic heterocycles. The molecule has 0 saturated carbocycles. The Morgan fingerprint density at radius 2 is 1.92 bits per heavy atom. The van der Waals surface area contributed by atoms with E-state index in [2.05, 4.69) is 10.6 Å². The van der Waals surface area contributed by atoms with Crippen molar-refractivity contribution in [3.63, 3.8) is 0 Å². The Bertz CT molecular complexity index is 157. The first-order valence-corrected chi connectivity index (χ1v) is 4.31. The molecule has 78 valence electrons. The first-order chi connectivity index (χ1) is 6.08. The monoisotopic (exact) mass is 190 g/mol. The summed E-state index contributed by atoms with van der Waals surface area (Å²) < 4.78 is 0. The minimum Gasteiger partial charge on any atom is -0.394 e. The van der Waals surface area contributed by atoms with Gasteiger partial charge in [-0.05, 0) is 13.5 Å². The lowest BCUT2D eigenvalue weighted by Gasteiger charge is -2.26. The maximum atomic E-state index is 11.1. The van der Waals surface area contributed by atoms with Gasteiger partial charge in [-0.15, -0.1) is 0 Å². The summed E-state index contributed by atoms with van der Waals surface area (Å²) in [6.45, 7) is 3.83. The quantitative estimate of drug-likeness (QED) is 0.409. The van der Waals surface area contributed by atoms with Crippen LogP contribution >= 0.6 is 0 Å².